The van der Waals surface area contributed by atoms with E-state index in [9.17, 15) is 15.0 Å². The maximum Gasteiger partial charge on any atom is 0.252 e. The minimum absolute atomic E-state index is 0.112. The molecule has 3 aromatic heterocycles. The zero-order chi connectivity index (χ0) is 30.4. The van der Waals surface area contributed by atoms with Crippen LogP contribution >= 0.6 is 0 Å². The highest BCUT2D eigenvalue weighted by Crippen LogP contribution is 2.33. The monoisotopic (exact) mass is 596 g/mol. The minimum Gasteiger partial charge on any atom is -0.387 e. The number of fused-ring (bicyclic) bond motifs is 2. The molecule has 4 heterocycles. The smallest absolute Gasteiger partial charge is 0.252 e. The van der Waals surface area contributed by atoms with Crippen molar-refractivity contribution >= 4 is 39.5 Å². The van der Waals surface area contributed by atoms with Crippen molar-refractivity contribution < 1.29 is 19.7 Å². The van der Waals surface area contributed by atoms with Crippen LogP contribution in [0.15, 0.2) is 67.4 Å². The van der Waals surface area contributed by atoms with Crippen LogP contribution in [-0.2, 0) is 22.5 Å². The second kappa shape index (κ2) is 11.5. The average molecular weight is 597 g/mol. The predicted molar refractivity (Wildman–Crippen MR) is 166 cm³/mol. The number of nitrogens with zero attached hydrogens (tertiary/aromatic N) is 6. The highest BCUT2D eigenvalue weighted by Gasteiger charge is 2.48. The number of imidazole rings is 1. The van der Waals surface area contributed by atoms with E-state index in [4.69, 9.17) is 4.74 Å². The molecule has 2 aliphatic rings. The second-order valence-corrected chi connectivity index (χ2v) is 11.8. The molecule has 4 atom stereocenters. The Hall–Kier alpha value is -4.52. The molecule has 7 rings (SSSR count). The summed E-state index contributed by atoms with van der Waals surface area (Å²) in [5.74, 6) is 0.125. The van der Waals surface area contributed by atoms with Crippen LogP contribution in [-0.4, -0.2) is 85.2 Å². The first-order valence-corrected chi connectivity index (χ1v) is 14.9. The summed E-state index contributed by atoms with van der Waals surface area (Å²) >= 11 is 0. The molecule has 2 fully saturated rings. The molecule has 1 aliphatic carbocycles. The largest absolute Gasteiger partial charge is 0.387 e. The molecule has 4 N–H and O–H groups in total. The molecular formula is C32H36N8O4. The van der Waals surface area contributed by atoms with Crippen molar-refractivity contribution in [2.24, 2.45) is 0 Å². The van der Waals surface area contributed by atoms with Gasteiger partial charge in [-0.15, -0.1) is 0 Å². The van der Waals surface area contributed by atoms with Gasteiger partial charge in [-0.2, -0.15) is 0 Å². The van der Waals surface area contributed by atoms with Crippen LogP contribution in [0.2, 0.25) is 0 Å². The number of hydrogen-bond acceptors (Lipinski definition) is 9. The third kappa shape index (κ3) is 5.25. The Labute approximate surface area is 254 Å². The summed E-state index contributed by atoms with van der Waals surface area (Å²) < 4.78 is 9.68. The Bertz CT molecular complexity index is 1810. The van der Waals surface area contributed by atoms with Gasteiger partial charge in [0.25, 0.3) is 5.91 Å². The standard InChI is InChI=1S/C32H36N8O4/c1-38(2)23-9-5-3-7-20(23)16-39-15-19(22-8-4-6-10-24(22)39)13-14-33-29-25-30(35-17-34-29)40(18-36-25)32-27(42)26(41)28(44-32)31(43)37-21-11-12-21/h3-10,15,17-18,21,26-28,32,41-42H,11-14,16H2,1-2H3,(H,37,43)(H,33,34,35)/t26-,27+,28-,32?/m0/s1. The number of rotatable bonds is 10. The third-order valence-electron chi connectivity index (χ3n) is 8.43. The number of hydrogen-bond donors (Lipinski definition) is 4. The summed E-state index contributed by atoms with van der Waals surface area (Å²) in [6.45, 7) is 1.37. The highest BCUT2D eigenvalue weighted by atomic mass is 16.6. The van der Waals surface area contributed by atoms with E-state index in [2.05, 4.69) is 104 Å². The molecule has 228 valence electrons. The lowest BCUT2D eigenvalue weighted by atomic mass is 10.1. The van der Waals surface area contributed by atoms with Gasteiger partial charge < -0.3 is 35.1 Å². The molecule has 5 aromatic rings. The number of aliphatic hydroxyl groups excluding tert-OH is 2. The van der Waals surface area contributed by atoms with Crippen LogP contribution in [0.3, 0.4) is 0 Å². The van der Waals surface area contributed by atoms with Gasteiger partial charge in [-0.25, -0.2) is 15.0 Å². The molecular weight excluding hydrogens is 560 g/mol. The van der Waals surface area contributed by atoms with E-state index in [0.717, 1.165) is 25.8 Å². The number of anilines is 2. The van der Waals surface area contributed by atoms with Crippen molar-refractivity contribution in [3.8, 4) is 0 Å². The molecule has 1 amide bonds. The van der Waals surface area contributed by atoms with Gasteiger partial charge in [-0.05, 0) is 42.5 Å². The number of ether oxygens (including phenoxy) is 1. The summed E-state index contributed by atoms with van der Waals surface area (Å²) in [5.41, 5.74) is 5.78. The Morgan fingerprint density at radius 2 is 1.82 bits per heavy atom. The van der Waals surface area contributed by atoms with Gasteiger partial charge in [0, 0.05) is 56.0 Å². The van der Waals surface area contributed by atoms with E-state index < -0.39 is 30.4 Å². The summed E-state index contributed by atoms with van der Waals surface area (Å²) in [6.07, 6.45) is 2.83. The van der Waals surface area contributed by atoms with Crippen LogP contribution < -0.4 is 15.5 Å². The van der Waals surface area contributed by atoms with Crippen molar-refractivity contribution in [2.75, 3.05) is 30.9 Å². The fraction of sp³-hybridized carbons (Fsp3) is 0.375. The van der Waals surface area contributed by atoms with Crippen molar-refractivity contribution in [1.29, 1.82) is 0 Å². The topological polar surface area (TPSA) is 143 Å². The third-order valence-corrected chi connectivity index (χ3v) is 8.43. The van der Waals surface area contributed by atoms with Gasteiger partial charge in [-0.3, -0.25) is 9.36 Å². The Kier molecular flexibility index (Phi) is 7.40. The zero-order valence-electron chi connectivity index (χ0n) is 24.7. The van der Waals surface area contributed by atoms with Gasteiger partial charge in [-0.1, -0.05) is 36.4 Å². The zero-order valence-corrected chi connectivity index (χ0v) is 24.7. The molecule has 0 radical (unpaired) electrons. The Morgan fingerprint density at radius 1 is 1.02 bits per heavy atom. The first-order chi connectivity index (χ1) is 21.4. The normalized spacial score (nSPS) is 21.6. The molecule has 1 aliphatic heterocycles. The van der Waals surface area contributed by atoms with E-state index in [-0.39, 0.29) is 6.04 Å². The number of amides is 1. The molecule has 2 aromatic carbocycles. The lowest BCUT2D eigenvalue weighted by molar-refractivity contribution is -0.137. The number of nitrogens with one attached hydrogen (secondary N) is 2. The molecule has 0 bridgehead atoms. The molecule has 1 saturated heterocycles. The van der Waals surface area contributed by atoms with Crippen LogP contribution in [0.25, 0.3) is 22.1 Å². The van der Waals surface area contributed by atoms with E-state index in [0.29, 0.717) is 23.5 Å². The molecule has 0 spiro atoms. The highest BCUT2D eigenvalue weighted by molar-refractivity contribution is 5.85. The summed E-state index contributed by atoms with van der Waals surface area (Å²) in [6, 6.07) is 17.0. The number of benzene rings is 2. The number of carbonyl (C=O) groups is 1. The SMILES string of the molecule is CN(C)c1ccccc1Cn1cc(CCNc2ncnc3c2ncn3C2O[C@H](C(=O)NC3CC3)[C@@H](O)[C@H]2O)c2ccccc21. The van der Waals surface area contributed by atoms with Crippen LogP contribution in [0, 0.1) is 0 Å². The van der Waals surface area contributed by atoms with Gasteiger partial charge in [0.15, 0.2) is 29.3 Å². The Balaban J connectivity index is 1.08. The quantitative estimate of drug-likeness (QED) is 0.191. The van der Waals surface area contributed by atoms with Crippen molar-refractivity contribution in [2.45, 2.75) is 56.4 Å². The van der Waals surface area contributed by atoms with E-state index in [1.807, 2.05) is 0 Å². The van der Waals surface area contributed by atoms with Crippen molar-refractivity contribution in [3.05, 3.63) is 78.5 Å². The van der Waals surface area contributed by atoms with Crippen LogP contribution in [0.5, 0.6) is 0 Å². The van der Waals surface area contributed by atoms with Gasteiger partial charge in [0.1, 0.15) is 18.5 Å². The predicted octanol–water partition coefficient (Wildman–Crippen LogP) is 2.45. The van der Waals surface area contributed by atoms with Gasteiger partial charge in [0.2, 0.25) is 0 Å². The van der Waals surface area contributed by atoms with E-state index in [1.165, 1.54) is 40.4 Å². The summed E-state index contributed by atoms with van der Waals surface area (Å²) in [7, 11) is 4.13. The lowest BCUT2D eigenvalue weighted by Crippen LogP contribution is -2.43. The van der Waals surface area contributed by atoms with Crippen molar-refractivity contribution in [3.63, 3.8) is 0 Å². The number of aromatic nitrogens is 5. The van der Waals surface area contributed by atoms with Crippen LogP contribution in [0.1, 0.15) is 30.2 Å². The summed E-state index contributed by atoms with van der Waals surface area (Å²) in [4.78, 5) is 28.0. The number of carbonyl (C=O) groups excluding carboxylic acids is 1. The maximum absolute atomic E-state index is 12.6. The fourth-order valence-corrected chi connectivity index (χ4v) is 6.02. The number of aliphatic hydroxyl groups is 2. The first kappa shape index (κ1) is 28.3. The molecule has 12 heteroatoms. The van der Waals surface area contributed by atoms with Crippen molar-refractivity contribution in [1.82, 2.24) is 29.4 Å². The fourth-order valence-electron chi connectivity index (χ4n) is 6.02. The molecule has 44 heavy (non-hydrogen) atoms. The van der Waals surface area contributed by atoms with E-state index in [1.54, 1.807) is 4.57 Å². The van der Waals surface area contributed by atoms with Gasteiger partial charge >= 0.3 is 0 Å². The Morgan fingerprint density at radius 3 is 2.64 bits per heavy atom. The molecule has 1 unspecified atom stereocenters. The lowest BCUT2D eigenvalue weighted by Gasteiger charge is -2.18. The first-order valence-electron chi connectivity index (χ1n) is 14.9. The van der Waals surface area contributed by atoms with Crippen LogP contribution in [0.4, 0.5) is 11.5 Å². The van der Waals surface area contributed by atoms with Gasteiger partial charge in [0.05, 0.1) is 6.33 Å². The minimum atomic E-state index is -1.37. The summed E-state index contributed by atoms with van der Waals surface area (Å²) in [5, 5.41) is 28.8. The average Bonchev–Trinajstić information content (AvgIpc) is 3.51. The molecule has 1 saturated carbocycles. The molecule has 12 nitrogen and oxygen atoms in total. The number of para-hydroxylation sites is 2. The van der Waals surface area contributed by atoms with E-state index >= 15 is 0 Å². The maximum atomic E-state index is 12.6. The second-order valence-electron chi connectivity index (χ2n) is 11.8.